The lowest BCUT2D eigenvalue weighted by atomic mass is 9.89. The van der Waals surface area contributed by atoms with E-state index in [0.717, 1.165) is 16.5 Å². The molecule has 2 rings (SSSR count). The van der Waals surface area contributed by atoms with Gasteiger partial charge in [0.25, 0.3) is 0 Å². The first kappa shape index (κ1) is 15.6. The summed E-state index contributed by atoms with van der Waals surface area (Å²) in [6, 6.07) is 8.33. The van der Waals surface area contributed by atoms with Gasteiger partial charge in [0.1, 0.15) is 0 Å². The Morgan fingerprint density at radius 1 is 1.00 bits per heavy atom. The lowest BCUT2D eigenvalue weighted by Gasteiger charge is -2.02. The average molecular weight is 290 g/mol. The van der Waals surface area contributed by atoms with Crippen molar-refractivity contribution in [2.45, 2.75) is 51.9 Å². The number of hydrogen-bond acceptors (Lipinski definition) is 3. The monoisotopic (exact) mass is 290 g/mol. The van der Waals surface area contributed by atoms with Gasteiger partial charge in [0, 0.05) is 9.48 Å². The second kappa shape index (κ2) is 7.82. The van der Waals surface area contributed by atoms with Crippen LogP contribution in [0, 0.1) is 0 Å². The van der Waals surface area contributed by atoms with Crippen molar-refractivity contribution in [3.63, 3.8) is 0 Å². The maximum atomic E-state index is 9.20. The van der Waals surface area contributed by atoms with Crippen LogP contribution in [0.2, 0.25) is 0 Å². The molecule has 0 aliphatic rings. The van der Waals surface area contributed by atoms with Gasteiger partial charge in [-0.3, -0.25) is 0 Å². The van der Waals surface area contributed by atoms with Crippen molar-refractivity contribution in [1.29, 1.82) is 0 Å². The van der Waals surface area contributed by atoms with Gasteiger partial charge in [0.2, 0.25) is 0 Å². The fourth-order valence-corrected chi connectivity index (χ4v) is 3.42. The zero-order valence-electron chi connectivity index (χ0n) is 12.1. The first-order valence-corrected chi connectivity index (χ1v) is 8.41. The van der Waals surface area contributed by atoms with Crippen molar-refractivity contribution in [3.05, 3.63) is 29.8 Å². The third-order valence-electron chi connectivity index (χ3n) is 3.67. The SMILES string of the molecule is CCCCCCCCc1ccc2sc(B(O)O)cc2c1. The van der Waals surface area contributed by atoms with Crippen LogP contribution in [0.5, 0.6) is 0 Å². The summed E-state index contributed by atoms with van der Waals surface area (Å²) in [5.41, 5.74) is 1.35. The molecule has 0 aliphatic heterocycles. The van der Waals surface area contributed by atoms with Crippen LogP contribution in [0.4, 0.5) is 0 Å². The van der Waals surface area contributed by atoms with Gasteiger partial charge >= 0.3 is 7.12 Å². The predicted octanol–water partition coefficient (Wildman–Crippen LogP) is 3.48. The Morgan fingerprint density at radius 2 is 1.75 bits per heavy atom. The fourth-order valence-electron chi connectivity index (χ4n) is 2.51. The van der Waals surface area contributed by atoms with Crippen molar-refractivity contribution < 1.29 is 10.0 Å². The van der Waals surface area contributed by atoms with E-state index < -0.39 is 7.12 Å². The van der Waals surface area contributed by atoms with Crippen LogP contribution in [0.1, 0.15) is 51.0 Å². The van der Waals surface area contributed by atoms with E-state index in [2.05, 4.69) is 25.1 Å². The molecule has 108 valence electrons. The second-order valence-corrected chi connectivity index (χ2v) is 6.53. The standard InChI is InChI=1S/C16H23BO2S/c1-2-3-4-5-6-7-8-13-9-10-15-14(11-13)12-16(20-15)17(18)19/h9-12,18-19H,2-8H2,1H3. The largest absolute Gasteiger partial charge is 0.499 e. The molecule has 1 aromatic carbocycles. The molecule has 0 saturated carbocycles. The minimum atomic E-state index is -1.35. The molecule has 1 heterocycles. The van der Waals surface area contributed by atoms with E-state index in [1.54, 1.807) is 0 Å². The smallest absolute Gasteiger partial charge is 0.423 e. The fraction of sp³-hybridized carbons (Fsp3) is 0.500. The van der Waals surface area contributed by atoms with Crippen LogP contribution in [0.15, 0.2) is 24.3 Å². The molecule has 0 bridgehead atoms. The highest BCUT2D eigenvalue weighted by Crippen LogP contribution is 2.22. The number of hydrogen-bond donors (Lipinski definition) is 2. The van der Waals surface area contributed by atoms with Gasteiger partial charge < -0.3 is 10.0 Å². The van der Waals surface area contributed by atoms with E-state index in [1.807, 2.05) is 6.07 Å². The summed E-state index contributed by atoms with van der Waals surface area (Å²) < 4.78 is 1.75. The number of benzene rings is 1. The van der Waals surface area contributed by atoms with Crippen LogP contribution in [-0.2, 0) is 6.42 Å². The zero-order valence-corrected chi connectivity index (χ0v) is 13.0. The topological polar surface area (TPSA) is 40.5 Å². The third kappa shape index (κ3) is 4.34. The number of thiophene rings is 1. The summed E-state index contributed by atoms with van der Waals surface area (Å²) in [6.07, 6.45) is 9.03. The van der Waals surface area contributed by atoms with Crippen molar-refractivity contribution >= 4 is 33.3 Å². The molecule has 0 amide bonds. The maximum absolute atomic E-state index is 9.20. The highest BCUT2D eigenvalue weighted by atomic mass is 32.1. The maximum Gasteiger partial charge on any atom is 0.499 e. The average Bonchev–Trinajstić information content (AvgIpc) is 2.86. The lowest BCUT2D eigenvalue weighted by molar-refractivity contribution is 0.427. The van der Waals surface area contributed by atoms with E-state index in [-0.39, 0.29) is 0 Å². The second-order valence-electron chi connectivity index (χ2n) is 5.41. The van der Waals surface area contributed by atoms with Crippen LogP contribution in [0.25, 0.3) is 10.1 Å². The van der Waals surface area contributed by atoms with Gasteiger partial charge in [0.05, 0.1) is 0 Å². The van der Waals surface area contributed by atoms with Gasteiger partial charge in [-0.2, -0.15) is 0 Å². The van der Waals surface area contributed by atoms with Crippen molar-refractivity contribution in [3.8, 4) is 0 Å². The molecule has 2 N–H and O–H groups in total. The summed E-state index contributed by atoms with van der Waals surface area (Å²) >= 11 is 1.45. The Balaban J connectivity index is 1.87. The third-order valence-corrected chi connectivity index (χ3v) is 4.83. The highest BCUT2D eigenvalue weighted by Gasteiger charge is 2.14. The summed E-state index contributed by atoms with van der Waals surface area (Å²) in [7, 11) is -1.35. The van der Waals surface area contributed by atoms with Gasteiger partial charge in [-0.05, 0) is 35.9 Å². The molecule has 0 aliphatic carbocycles. The molecule has 2 aromatic rings. The Bertz CT molecular complexity index is 536. The van der Waals surface area contributed by atoms with E-state index in [4.69, 9.17) is 0 Å². The summed E-state index contributed by atoms with van der Waals surface area (Å²) in [5.74, 6) is 0. The van der Waals surface area contributed by atoms with Crippen molar-refractivity contribution in [1.82, 2.24) is 0 Å². The number of fused-ring (bicyclic) bond motifs is 1. The Morgan fingerprint density at radius 3 is 2.50 bits per heavy atom. The zero-order chi connectivity index (χ0) is 14.4. The van der Waals surface area contributed by atoms with E-state index in [1.165, 1.54) is 55.4 Å². The van der Waals surface area contributed by atoms with Gasteiger partial charge in [-0.25, -0.2) is 0 Å². The Labute approximate surface area is 125 Å². The normalized spacial score (nSPS) is 11.2. The van der Waals surface area contributed by atoms with Gasteiger partial charge in [0.15, 0.2) is 0 Å². The molecule has 0 saturated heterocycles. The van der Waals surface area contributed by atoms with Crippen molar-refractivity contribution in [2.75, 3.05) is 0 Å². The summed E-state index contributed by atoms with van der Waals surface area (Å²) in [6.45, 7) is 2.24. The van der Waals surface area contributed by atoms with E-state index in [9.17, 15) is 10.0 Å². The highest BCUT2D eigenvalue weighted by molar-refractivity contribution is 7.27. The van der Waals surface area contributed by atoms with Crippen LogP contribution >= 0.6 is 11.3 Å². The molecule has 2 nitrogen and oxygen atoms in total. The molecule has 4 heteroatoms. The minimum Gasteiger partial charge on any atom is -0.423 e. The summed E-state index contributed by atoms with van der Waals surface area (Å²) in [5, 5.41) is 19.5. The number of unbranched alkanes of at least 4 members (excludes halogenated alkanes) is 5. The number of aryl methyl sites for hydroxylation is 1. The molecule has 0 atom stereocenters. The molecule has 0 radical (unpaired) electrons. The Hall–Kier alpha value is -0.835. The molecular weight excluding hydrogens is 267 g/mol. The predicted molar refractivity (Wildman–Crippen MR) is 88.7 cm³/mol. The molecule has 0 fully saturated rings. The lowest BCUT2D eigenvalue weighted by Crippen LogP contribution is -2.26. The van der Waals surface area contributed by atoms with E-state index in [0.29, 0.717) is 4.78 Å². The van der Waals surface area contributed by atoms with Crippen LogP contribution in [-0.4, -0.2) is 17.2 Å². The first-order valence-electron chi connectivity index (χ1n) is 7.59. The van der Waals surface area contributed by atoms with Crippen LogP contribution in [0.3, 0.4) is 0 Å². The minimum absolute atomic E-state index is 0.622. The van der Waals surface area contributed by atoms with Gasteiger partial charge in [-0.1, -0.05) is 51.2 Å². The molecular formula is C16H23BO2S. The van der Waals surface area contributed by atoms with Crippen molar-refractivity contribution in [2.24, 2.45) is 0 Å². The molecule has 0 spiro atoms. The molecule has 1 aromatic heterocycles. The summed E-state index contributed by atoms with van der Waals surface area (Å²) in [4.78, 5) is 0. The molecule has 0 unspecified atom stereocenters. The van der Waals surface area contributed by atoms with Crippen LogP contribution < -0.4 is 4.78 Å². The van der Waals surface area contributed by atoms with Gasteiger partial charge in [-0.15, -0.1) is 11.3 Å². The Kier molecular flexibility index (Phi) is 6.08. The van der Waals surface area contributed by atoms with E-state index >= 15 is 0 Å². The first-order chi connectivity index (χ1) is 9.70. The quantitative estimate of drug-likeness (QED) is 0.577. The number of rotatable bonds is 8. The molecule has 20 heavy (non-hydrogen) atoms.